The summed E-state index contributed by atoms with van der Waals surface area (Å²) < 4.78 is 28.6. The van der Waals surface area contributed by atoms with E-state index in [4.69, 9.17) is 0 Å². The summed E-state index contributed by atoms with van der Waals surface area (Å²) in [6.07, 6.45) is -0.890. The second-order valence-corrected chi connectivity index (χ2v) is 5.96. The van der Waals surface area contributed by atoms with Gasteiger partial charge in [-0.2, -0.15) is 8.78 Å². The molecule has 0 aromatic heterocycles. The standard InChI is InChI=1S/C19H22F2N4O4/c1-2-22-19(23-11-13-3-7-15(8-4-13)25(27)28)24-12-17(26)14-5-9-16(10-6-14)29-18(20)21/h3-10,17-18,26H,2,11-12H2,1H3,(H2,22,23,24). The minimum absolute atomic E-state index is 0.0100. The van der Waals surface area contributed by atoms with Crippen molar-refractivity contribution in [3.05, 3.63) is 69.8 Å². The van der Waals surface area contributed by atoms with Crippen LogP contribution in [0.2, 0.25) is 0 Å². The first kappa shape index (κ1) is 22.0. The number of guanidine groups is 1. The number of non-ortho nitro benzene ring substituents is 1. The van der Waals surface area contributed by atoms with Crippen molar-refractivity contribution in [2.75, 3.05) is 13.1 Å². The van der Waals surface area contributed by atoms with E-state index in [0.717, 1.165) is 5.56 Å². The van der Waals surface area contributed by atoms with Gasteiger partial charge in [-0.05, 0) is 30.2 Å². The Bertz CT molecular complexity index is 814. The smallest absolute Gasteiger partial charge is 0.387 e. The summed E-state index contributed by atoms with van der Waals surface area (Å²) >= 11 is 0. The van der Waals surface area contributed by atoms with Gasteiger partial charge >= 0.3 is 6.61 Å². The second kappa shape index (κ2) is 10.9. The monoisotopic (exact) mass is 408 g/mol. The van der Waals surface area contributed by atoms with Gasteiger partial charge in [0.2, 0.25) is 0 Å². The predicted octanol–water partition coefficient (Wildman–Crippen LogP) is 2.98. The number of hydrogen-bond donors (Lipinski definition) is 3. The maximum absolute atomic E-state index is 12.2. The van der Waals surface area contributed by atoms with Crippen molar-refractivity contribution >= 4 is 11.6 Å². The van der Waals surface area contributed by atoms with E-state index in [1.165, 1.54) is 36.4 Å². The van der Waals surface area contributed by atoms with E-state index in [-0.39, 0.29) is 18.0 Å². The molecule has 0 amide bonds. The number of halogens is 2. The number of nitrogens with one attached hydrogen (secondary N) is 2. The molecule has 156 valence electrons. The van der Waals surface area contributed by atoms with Crippen LogP contribution in [0.5, 0.6) is 5.75 Å². The molecule has 8 nitrogen and oxygen atoms in total. The van der Waals surface area contributed by atoms with Crippen LogP contribution in [0.25, 0.3) is 0 Å². The topological polar surface area (TPSA) is 109 Å². The van der Waals surface area contributed by atoms with Crippen LogP contribution in [-0.2, 0) is 6.54 Å². The van der Waals surface area contributed by atoms with Crippen LogP contribution < -0.4 is 15.4 Å². The zero-order valence-electron chi connectivity index (χ0n) is 15.7. The summed E-state index contributed by atoms with van der Waals surface area (Å²) in [5.74, 6) is 0.476. The lowest BCUT2D eigenvalue weighted by molar-refractivity contribution is -0.384. The third-order valence-corrected chi connectivity index (χ3v) is 3.86. The van der Waals surface area contributed by atoms with Crippen LogP contribution in [0, 0.1) is 10.1 Å². The SMILES string of the molecule is CCNC(=NCc1ccc([N+](=O)[O-])cc1)NCC(O)c1ccc(OC(F)F)cc1. The van der Waals surface area contributed by atoms with E-state index in [9.17, 15) is 24.0 Å². The largest absolute Gasteiger partial charge is 0.435 e. The van der Waals surface area contributed by atoms with Crippen molar-refractivity contribution in [3.8, 4) is 5.75 Å². The van der Waals surface area contributed by atoms with Gasteiger partial charge in [-0.3, -0.25) is 10.1 Å². The summed E-state index contributed by atoms with van der Waals surface area (Å²) in [6.45, 7) is 0.0231. The molecule has 2 aromatic carbocycles. The molecule has 0 aliphatic carbocycles. The molecule has 0 aliphatic rings. The molecular weight excluding hydrogens is 386 g/mol. The number of ether oxygens (including phenoxy) is 1. The fourth-order valence-corrected chi connectivity index (χ4v) is 2.42. The number of rotatable bonds is 9. The highest BCUT2D eigenvalue weighted by Crippen LogP contribution is 2.19. The second-order valence-electron chi connectivity index (χ2n) is 5.96. The number of aliphatic hydroxyl groups is 1. The molecule has 3 N–H and O–H groups in total. The zero-order chi connectivity index (χ0) is 21.2. The normalized spacial score (nSPS) is 12.5. The number of aliphatic imine (C=N–C) groups is 1. The van der Waals surface area contributed by atoms with Crippen molar-refractivity contribution in [1.82, 2.24) is 10.6 Å². The Labute approximate surface area is 166 Å². The Balaban J connectivity index is 1.93. The Morgan fingerprint density at radius 1 is 1.17 bits per heavy atom. The highest BCUT2D eigenvalue weighted by molar-refractivity contribution is 5.79. The van der Waals surface area contributed by atoms with E-state index in [0.29, 0.717) is 24.6 Å². The molecule has 0 heterocycles. The van der Waals surface area contributed by atoms with E-state index >= 15 is 0 Å². The quantitative estimate of drug-likeness (QED) is 0.255. The molecule has 1 atom stereocenters. The molecule has 0 saturated carbocycles. The van der Waals surface area contributed by atoms with Gasteiger partial charge < -0.3 is 20.5 Å². The van der Waals surface area contributed by atoms with Crippen LogP contribution in [0.4, 0.5) is 14.5 Å². The molecule has 0 fully saturated rings. The molecule has 0 bridgehead atoms. The van der Waals surface area contributed by atoms with Crippen molar-refractivity contribution in [3.63, 3.8) is 0 Å². The lowest BCUT2D eigenvalue weighted by Crippen LogP contribution is -2.39. The van der Waals surface area contributed by atoms with Crippen molar-refractivity contribution in [1.29, 1.82) is 0 Å². The van der Waals surface area contributed by atoms with Crippen LogP contribution in [0.3, 0.4) is 0 Å². The summed E-state index contributed by atoms with van der Waals surface area (Å²) in [5, 5.41) is 27.0. The molecule has 10 heteroatoms. The first-order chi connectivity index (χ1) is 13.9. The number of aliphatic hydroxyl groups excluding tert-OH is 1. The minimum atomic E-state index is -2.90. The number of alkyl halides is 2. The van der Waals surface area contributed by atoms with Gasteiger partial charge in [-0.1, -0.05) is 24.3 Å². The van der Waals surface area contributed by atoms with Gasteiger partial charge in [0.15, 0.2) is 5.96 Å². The highest BCUT2D eigenvalue weighted by atomic mass is 19.3. The average Bonchev–Trinajstić information content (AvgIpc) is 2.70. The van der Waals surface area contributed by atoms with E-state index < -0.39 is 17.6 Å². The van der Waals surface area contributed by atoms with Gasteiger partial charge in [0.05, 0.1) is 17.6 Å². The molecule has 0 spiro atoms. The molecule has 0 saturated heterocycles. The maximum atomic E-state index is 12.2. The van der Waals surface area contributed by atoms with E-state index in [2.05, 4.69) is 20.4 Å². The molecule has 2 aromatic rings. The number of hydrogen-bond acceptors (Lipinski definition) is 5. The Morgan fingerprint density at radius 2 is 1.83 bits per heavy atom. The molecular formula is C19H22F2N4O4. The average molecular weight is 408 g/mol. The predicted molar refractivity (Wildman–Crippen MR) is 104 cm³/mol. The van der Waals surface area contributed by atoms with Crippen LogP contribution in [0.15, 0.2) is 53.5 Å². The fraction of sp³-hybridized carbons (Fsp3) is 0.316. The fourth-order valence-electron chi connectivity index (χ4n) is 2.42. The molecule has 29 heavy (non-hydrogen) atoms. The van der Waals surface area contributed by atoms with Crippen molar-refractivity contribution in [2.45, 2.75) is 26.2 Å². The first-order valence-corrected chi connectivity index (χ1v) is 8.87. The zero-order valence-corrected chi connectivity index (χ0v) is 15.7. The number of nitrogens with zero attached hydrogens (tertiary/aromatic N) is 2. The summed E-state index contributed by atoms with van der Waals surface area (Å²) in [4.78, 5) is 14.6. The van der Waals surface area contributed by atoms with Gasteiger partial charge in [-0.25, -0.2) is 4.99 Å². The number of benzene rings is 2. The molecule has 2 rings (SSSR count). The van der Waals surface area contributed by atoms with Crippen molar-refractivity contribution in [2.24, 2.45) is 4.99 Å². The number of nitro groups is 1. The lowest BCUT2D eigenvalue weighted by atomic mass is 10.1. The van der Waals surface area contributed by atoms with Crippen LogP contribution in [-0.4, -0.2) is 35.7 Å². The van der Waals surface area contributed by atoms with Crippen molar-refractivity contribution < 1.29 is 23.5 Å². The third kappa shape index (κ3) is 7.34. The molecule has 1 unspecified atom stereocenters. The Hall–Kier alpha value is -3.27. The van der Waals surface area contributed by atoms with E-state index in [1.807, 2.05) is 6.92 Å². The Morgan fingerprint density at radius 3 is 2.38 bits per heavy atom. The lowest BCUT2D eigenvalue weighted by Gasteiger charge is -2.16. The number of nitro benzene ring substituents is 1. The summed E-state index contributed by atoms with van der Waals surface area (Å²) in [6, 6.07) is 11.8. The third-order valence-electron chi connectivity index (χ3n) is 3.86. The van der Waals surface area contributed by atoms with Gasteiger partial charge in [-0.15, -0.1) is 0 Å². The van der Waals surface area contributed by atoms with Gasteiger partial charge in [0, 0.05) is 25.2 Å². The maximum Gasteiger partial charge on any atom is 0.387 e. The summed E-state index contributed by atoms with van der Waals surface area (Å²) in [5.41, 5.74) is 1.34. The highest BCUT2D eigenvalue weighted by Gasteiger charge is 2.10. The minimum Gasteiger partial charge on any atom is -0.435 e. The van der Waals surface area contributed by atoms with Gasteiger partial charge in [0.1, 0.15) is 5.75 Å². The summed E-state index contributed by atoms with van der Waals surface area (Å²) in [7, 11) is 0. The van der Waals surface area contributed by atoms with E-state index in [1.54, 1.807) is 12.1 Å². The van der Waals surface area contributed by atoms with Crippen LogP contribution >= 0.6 is 0 Å². The van der Waals surface area contributed by atoms with Gasteiger partial charge in [0.25, 0.3) is 5.69 Å². The Kier molecular flexibility index (Phi) is 8.28. The molecule has 0 radical (unpaired) electrons. The first-order valence-electron chi connectivity index (χ1n) is 8.87. The molecule has 0 aliphatic heterocycles. The van der Waals surface area contributed by atoms with Crippen LogP contribution in [0.1, 0.15) is 24.2 Å².